The standard InChI is InChI=1S/C25H38NOP/c1-9-25(8,21-15-17(3)14-20(22(21)27)24(5,6)7)28-23-18(4)12-11-13-19(23)16-26-10-2/h11-15,26-28H,9-10,16H2,1-8H3. The number of hydrogen-bond donors (Lipinski definition) is 2. The third kappa shape index (κ3) is 4.97. The number of hydrogen-bond acceptors (Lipinski definition) is 2. The van der Waals surface area contributed by atoms with Gasteiger partial charge in [0.15, 0.2) is 0 Å². The molecule has 0 spiro atoms. The van der Waals surface area contributed by atoms with Gasteiger partial charge in [-0.3, -0.25) is 0 Å². The molecule has 0 heterocycles. The van der Waals surface area contributed by atoms with Crippen LogP contribution in [-0.4, -0.2) is 11.7 Å². The molecule has 0 aromatic heterocycles. The summed E-state index contributed by atoms with van der Waals surface area (Å²) in [6, 6.07) is 10.9. The van der Waals surface area contributed by atoms with Crippen molar-refractivity contribution in [2.24, 2.45) is 0 Å². The summed E-state index contributed by atoms with van der Waals surface area (Å²) in [7, 11) is 0.607. The van der Waals surface area contributed by atoms with Crippen LogP contribution in [0, 0.1) is 13.8 Å². The molecule has 0 bridgehead atoms. The zero-order valence-electron chi connectivity index (χ0n) is 19.0. The van der Waals surface area contributed by atoms with Crippen molar-refractivity contribution in [1.29, 1.82) is 0 Å². The van der Waals surface area contributed by atoms with Crippen LogP contribution in [0.3, 0.4) is 0 Å². The van der Waals surface area contributed by atoms with Gasteiger partial charge in [0.05, 0.1) is 0 Å². The molecule has 0 saturated carbocycles. The quantitative estimate of drug-likeness (QED) is 0.556. The Hall–Kier alpha value is -1.37. The van der Waals surface area contributed by atoms with Crippen molar-refractivity contribution < 1.29 is 5.11 Å². The molecule has 154 valence electrons. The lowest BCUT2D eigenvalue weighted by atomic mass is 9.82. The van der Waals surface area contributed by atoms with Gasteiger partial charge >= 0.3 is 0 Å². The third-order valence-corrected chi connectivity index (χ3v) is 7.83. The van der Waals surface area contributed by atoms with E-state index < -0.39 is 0 Å². The highest BCUT2D eigenvalue weighted by Gasteiger charge is 2.32. The first-order valence-electron chi connectivity index (χ1n) is 10.5. The Labute approximate surface area is 173 Å². The molecule has 2 N–H and O–H groups in total. The Morgan fingerprint density at radius 1 is 1.00 bits per heavy atom. The Morgan fingerprint density at radius 3 is 2.21 bits per heavy atom. The smallest absolute Gasteiger partial charge is 0.123 e. The van der Waals surface area contributed by atoms with Crippen molar-refractivity contribution in [3.05, 3.63) is 58.1 Å². The molecule has 2 aromatic rings. The highest BCUT2D eigenvalue weighted by atomic mass is 31.1. The summed E-state index contributed by atoms with van der Waals surface area (Å²) in [6.07, 6.45) is 0.987. The van der Waals surface area contributed by atoms with E-state index in [1.54, 1.807) is 0 Å². The number of phenols is 1. The molecule has 0 fully saturated rings. The first-order chi connectivity index (χ1) is 13.0. The van der Waals surface area contributed by atoms with Crippen LogP contribution in [0.15, 0.2) is 30.3 Å². The van der Waals surface area contributed by atoms with E-state index in [-0.39, 0.29) is 10.6 Å². The van der Waals surface area contributed by atoms with Crippen LogP contribution in [0.4, 0.5) is 0 Å². The Morgan fingerprint density at radius 2 is 1.64 bits per heavy atom. The SMILES string of the molecule is CCNCc1cccc(C)c1PC(C)(CC)c1cc(C)cc(C(C)(C)C)c1O. The number of aryl methyl sites for hydroxylation is 2. The maximum atomic E-state index is 11.3. The van der Waals surface area contributed by atoms with Crippen molar-refractivity contribution in [3.8, 4) is 5.75 Å². The first kappa shape index (κ1) is 22.9. The van der Waals surface area contributed by atoms with E-state index in [4.69, 9.17) is 0 Å². The van der Waals surface area contributed by atoms with Crippen molar-refractivity contribution in [2.75, 3.05) is 6.54 Å². The molecule has 0 amide bonds. The van der Waals surface area contributed by atoms with Gasteiger partial charge in [-0.1, -0.05) is 86.0 Å². The molecule has 3 heteroatoms. The molecule has 0 saturated heterocycles. The van der Waals surface area contributed by atoms with E-state index >= 15 is 0 Å². The molecule has 2 rings (SSSR count). The van der Waals surface area contributed by atoms with Crippen LogP contribution in [0.1, 0.15) is 75.8 Å². The zero-order valence-corrected chi connectivity index (χ0v) is 20.0. The molecule has 0 aliphatic heterocycles. The predicted octanol–water partition coefficient (Wildman–Crippen LogP) is 6.05. The van der Waals surface area contributed by atoms with Crippen LogP contribution in [-0.2, 0) is 17.1 Å². The minimum absolute atomic E-state index is 0.0819. The van der Waals surface area contributed by atoms with E-state index in [1.165, 1.54) is 22.0 Å². The van der Waals surface area contributed by atoms with E-state index in [2.05, 4.69) is 91.0 Å². The minimum atomic E-state index is -0.0941. The third-order valence-electron chi connectivity index (χ3n) is 5.69. The Bertz CT molecular complexity index is 822. The number of nitrogens with one attached hydrogen (secondary N) is 1. The van der Waals surface area contributed by atoms with Gasteiger partial charge in [0.25, 0.3) is 0 Å². The summed E-state index contributed by atoms with van der Waals surface area (Å²) in [6.45, 7) is 19.4. The Kier molecular flexibility index (Phi) is 7.34. The molecule has 2 nitrogen and oxygen atoms in total. The van der Waals surface area contributed by atoms with Crippen LogP contribution in [0.5, 0.6) is 5.75 Å². The lowest BCUT2D eigenvalue weighted by Gasteiger charge is -2.34. The molecule has 2 aromatic carbocycles. The fraction of sp³-hybridized carbons (Fsp3) is 0.520. The molecule has 28 heavy (non-hydrogen) atoms. The van der Waals surface area contributed by atoms with Crippen molar-refractivity contribution in [3.63, 3.8) is 0 Å². The molecule has 2 atom stereocenters. The van der Waals surface area contributed by atoms with Crippen LogP contribution in [0.2, 0.25) is 0 Å². The first-order valence-corrected chi connectivity index (χ1v) is 11.5. The number of aromatic hydroxyl groups is 1. The van der Waals surface area contributed by atoms with Crippen molar-refractivity contribution in [1.82, 2.24) is 5.32 Å². The van der Waals surface area contributed by atoms with E-state index in [9.17, 15) is 5.11 Å². The molecule has 0 aliphatic rings. The van der Waals surface area contributed by atoms with Gasteiger partial charge in [0.1, 0.15) is 5.75 Å². The number of benzene rings is 2. The number of rotatable bonds is 7. The summed E-state index contributed by atoms with van der Waals surface area (Å²) < 4.78 is 0. The predicted molar refractivity (Wildman–Crippen MR) is 126 cm³/mol. The summed E-state index contributed by atoms with van der Waals surface area (Å²) in [5.74, 6) is 0.483. The van der Waals surface area contributed by atoms with E-state index in [0.717, 1.165) is 30.6 Å². The molecule has 2 unspecified atom stereocenters. The number of phenolic OH excluding ortho intramolecular Hbond substituents is 1. The average molecular weight is 400 g/mol. The fourth-order valence-electron chi connectivity index (χ4n) is 3.71. The molecular formula is C25H38NOP. The molecule has 0 radical (unpaired) electrons. The highest BCUT2D eigenvalue weighted by molar-refractivity contribution is 7.48. The van der Waals surface area contributed by atoms with Gasteiger partial charge in [-0.2, -0.15) is 0 Å². The van der Waals surface area contributed by atoms with Gasteiger partial charge in [-0.15, -0.1) is 0 Å². The summed E-state index contributed by atoms with van der Waals surface area (Å²) in [5.41, 5.74) is 6.00. The van der Waals surface area contributed by atoms with E-state index in [0.29, 0.717) is 14.3 Å². The van der Waals surface area contributed by atoms with Crippen LogP contribution >= 0.6 is 8.58 Å². The van der Waals surface area contributed by atoms with Gasteiger partial charge in [-0.05, 0) is 54.2 Å². The molecular weight excluding hydrogens is 361 g/mol. The van der Waals surface area contributed by atoms with Gasteiger partial charge in [0.2, 0.25) is 0 Å². The normalized spacial score (nSPS) is 14.6. The topological polar surface area (TPSA) is 32.3 Å². The zero-order chi connectivity index (χ0) is 21.1. The van der Waals surface area contributed by atoms with Gasteiger partial charge in [0, 0.05) is 17.3 Å². The summed E-state index contributed by atoms with van der Waals surface area (Å²) >= 11 is 0. The minimum Gasteiger partial charge on any atom is -0.507 e. The van der Waals surface area contributed by atoms with Crippen molar-refractivity contribution in [2.45, 2.75) is 78.9 Å². The van der Waals surface area contributed by atoms with Crippen molar-refractivity contribution >= 4 is 13.9 Å². The Balaban J connectivity index is 2.58. The van der Waals surface area contributed by atoms with Crippen LogP contribution in [0.25, 0.3) is 0 Å². The largest absolute Gasteiger partial charge is 0.507 e. The maximum absolute atomic E-state index is 11.3. The second-order valence-electron chi connectivity index (χ2n) is 9.16. The maximum Gasteiger partial charge on any atom is 0.123 e. The second-order valence-corrected chi connectivity index (χ2v) is 11.0. The fourth-order valence-corrected chi connectivity index (χ4v) is 5.37. The summed E-state index contributed by atoms with van der Waals surface area (Å²) in [4.78, 5) is 0. The monoisotopic (exact) mass is 399 g/mol. The second kappa shape index (κ2) is 8.97. The van der Waals surface area contributed by atoms with E-state index in [1.807, 2.05) is 0 Å². The van der Waals surface area contributed by atoms with Gasteiger partial charge < -0.3 is 10.4 Å². The summed E-state index contributed by atoms with van der Waals surface area (Å²) in [5, 5.41) is 16.1. The highest BCUT2D eigenvalue weighted by Crippen LogP contribution is 2.50. The lowest BCUT2D eigenvalue weighted by molar-refractivity contribution is 0.430. The molecule has 0 aliphatic carbocycles. The average Bonchev–Trinajstić information content (AvgIpc) is 2.62. The lowest BCUT2D eigenvalue weighted by Crippen LogP contribution is -2.25. The van der Waals surface area contributed by atoms with Crippen LogP contribution < -0.4 is 10.6 Å². The van der Waals surface area contributed by atoms with Gasteiger partial charge in [-0.25, -0.2) is 0 Å².